The van der Waals surface area contributed by atoms with Crippen LogP contribution in [0.4, 0.5) is 17.6 Å². The molecule has 0 aliphatic heterocycles. The first kappa shape index (κ1) is 26.4. The molecule has 0 saturated heterocycles. The molecule has 0 amide bonds. The average molecular weight is 535 g/mol. The summed E-state index contributed by atoms with van der Waals surface area (Å²) in [6.07, 6.45) is 1.04. The number of hydrogen-bond donors (Lipinski definition) is 1. The lowest BCUT2D eigenvalue weighted by atomic mass is 9.98. The van der Waals surface area contributed by atoms with E-state index in [0.29, 0.717) is 23.7 Å². The number of halogens is 4. The van der Waals surface area contributed by atoms with E-state index in [0.717, 1.165) is 17.4 Å². The zero-order chi connectivity index (χ0) is 26.9. The molecule has 0 spiro atoms. The maximum atomic E-state index is 14.3. The van der Waals surface area contributed by atoms with Crippen LogP contribution >= 0.6 is 0 Å². The van der Waals surface area contributed by atoms with Gasteiger partial charge >= 0.3 is 10.1 Å². The van der Waals surface area contributed by atoms with Gasteiger partial charge in [0.05, 0.1) is 0 Å². The minimum Gasteiger partial charge on any atom is -0.489 e. The Hall–Kier alpha value is -3.63. The van der Waals surface area contributed by atoms with Crippen LogP contribution in [0.3, 0.4) is 0 Å². The minimum absolute atomic E-state index is 0.179. The second kappa shape index (κ2) is 10.4. The van der Waals surface area contributed by atoms with Crippen LogP contribution in [-0.4, -0.2) is 13.0 Å². The molecule has 10 heteroatoms. The molecule has 1 N–H and O–H groups in total. The molecule has 4 rings (SSSR count). The lowest BCUT2D eigenvalue weighted by molar-refractivity contribution is 0.306. The summed E-state index contributed by atoms with van der Waals surface area (Å²) in [5.74, 6) is -9.53. The molecule has 0 aliphatic carbocycles. The van der Waals surface area contributed by atoms with Crippen molar-refractivity contribution in [2.75, 3.05) is 0 Å². The second-order valence-electron chi connectivity index (χ2n) is 8.50. The molecular formula is C27H22F4O5S. The van der Waals surface area contributed by atoms with Gasteiger partial charge in [0.15, 0.2) is 16.5 Å². The molecule has 0 fully saturated rings. The van der Waals surface area contributed by atoms with Crippen molar-refractivity contribution in [3.8, 4) is 17.2 Å². The maximum Gasteiger partial charge on any atom is 0.300 e. The topological polar surface area (TPSA) is 72.8 Å². The molecule has 1 unspecified atom stereocenters. The van der Waals surface area contributed by atoms with E-state index in [4.69, 9.17) is 14.0 Å². The molecule has 0 bridgehead atoms. The summed E-state index contributed by atoms with van der Waals surface area (Å²) in [6.45, 7) is 4.58. The third-order valence-corrected chi connectivity index (χ3v) is 6.88. The van der Waals surface area contributed by atoms with Crippen LogP contribution in [-0.2, 0) is 16.7 Å². The lowest BCUT2D eigenvalue weighted by Crippen LogP contribution is -2.11. The largest absolute Gasteiger partial charge is 0.489 e. The third-order valence-electron chi connectivity index (χ3n) is 6.01. The number of fused-ring (bicyclic) bond motifs is 1. The Labute approximate surface area is 211 Å². The standard InChI is InChI=1S/C27H22F4O5S/c1-3-15(2)17-6-4-16(5-7-17)14-35-20-10-8-18-9-11-21(13-19(18)12-20)36-26-22(28)24(30)27(37(32,33)34)25(31)23(26)29/h4-13,15H,3,14H2,1-2H3,(H,32,33,34). The van der Waals surface area contributed by atoms with Gasteiger partial charge in [0.1, 0.15) is 18.1 Å². The van der Waals surface area contributed by atoms with Crippen LogP contribution in [0.15, 0.2) is 65.6 Å². The highest BCUT2D eigenvalue weighted by Gasteiger charge is 2.33. The van der Waals surface area contributed by atoms with Crippen molar-refractivity contribution < 1.29 is 40.0 Å². The fraction of sp³-hybridized carbons (Fsp3) is 0.185. The van der Waals surface area contributed by atoms with E-state index < -0.39 is 44.0 Å². The van der Waals surface area contributed by atoms with Gasteiger partial charge in [-0.05, 0) is 58.5 Å². The summed E-state index contributed by atoms with van der Waals surface area (Å²) >= 11 is 0. The van der Waals surface area contributed by atoms with E-state index >= 15 is 0 Å². The number of ether oxygens (including phenoxy) is 2. The predicted molar refractivity (Wildman–Crippen MR) is 130 cm³/mol. The first-order valence-electron chi connectivity index (χ1n) is 11.3. The van der Waals surface area contributed by atoms with Crippen LogP contribution in [0.5, 0.6) is 17.2 Å². The Morgan fingerprint density at radius 2 is 1.38 bits per heavy atom. The van der Waals surface area contributed by atoms with E-state index in [1.165, 1.54) is 17.7 Å². The van der Waals surface area contributed by atoms with Crippen LogP contribution in [0.1, 0.15) is 37.3 Å². The zero-order valence-corrected chi connectivity index (χ0v) is 20.6. The maximum absolute atomic E-state index is 14.3. The fourth-order valence-electron chi connectivity index (χ4n) is 3.73. The van der Waals surface area contributed by atoms with Gasteiger partial charge in [-0.3, -0.25) is 4.55 Å². The van der Waals surface area contributed by atoms with Crippen LogP contribution in [0.2, 0.25) is 0 Å². The van der Waals surface area contributed by atoms with Crippen LogP contribution in [0, 0.1) is 23.3 Å². The summed E-state index contributed by atoms with van der Waals surface area (Å²) in [4.78, 5) is -2.13. The molecule has 0 heterocycles. The molecule has 0 radical (unpaired) electrons. The molecule has 194 valence electrons. The summed E-state index contributed by atoms with van der Waals surface area (Å²) < 4.78 is 98.9. The highest BCUT2D eigenvalue weighted by atomic mass is 32.2. The summed E-state index contributed by atoms with van der Waals surface area (Å²) in [5.41, 5.74) is 2.21. The molecule has 0 aliphatic rings. The Kier molecular flexibility index (Phi) is 7.42. The van der Waals surface area contributed by atoms with Crippen molar-refractivity contribution in [1.82, 2.24) is 0 Å². The summed E-state index contributed by atoms with van der Waals surface area (Å²) in [6, 6.07) is 17.5. The summed E-state index contributed by atoms with van der Waals surface area (Å²) in [5, 5.41) is 1.26. The third kappa shape index (κ3) is 5.55. The Morgan fingerprint density at radius 1 is 0.811 bits per heavy atom. The SMILES string of the molecule is CCC(C)c1ccc(COc2ccc3ccc(Oc4c(F)c(F)c(S(=O)(=O)O)c(F)c4F)cc3c2)cc1. The first-order valence-corrected chi connectivity index (χ1v) is 12.7. The Morgan fingerprint density at radius 3 is 1.95 bits per heavy atom. The number of benzene rings is 4. The quantitative estimate of drug-likeness (QED) is 0.144. The highest BCUT2D eigenvalue weighted by Crippen LogP contribution is 2.36. The minimum atomic E-state index is -5.56. The molecule has 4 aromatic rings. The van der Waals surface area contributed by atoms with Gasteiger partial charge in [-0.1, -0.05) is 50.2 Å². The molecule has 0 saturated carbocycles. The van der Waals surface area contributed by atoms with Gasteiger partial charge in [-0.15, -0.1) is 0 Å². The van der Waals surface area contributed by atoms with E-state index in [1.54, 1.807) is 24.3 Å². The van der Waals surface area contributed by atoms with Crippen molar-refractivity contribution in [3.63, 3.8) is 0 Å². The fourth-order valence-corrected chi connectivity index (χ4v) is 4.36. The summed E-state index contributed by atoms with van der Waals surface area (Å²) in [7, 11) is -5.56. The molecule has 4 aromatic carbocycles. The van der Waals surface area contributed by atoms with Crippen LogP contribution in [0.25, 0.3) is 10.8 Å². The molecule has 5 nitrogen and oxygen atoms in total. The second-order valence-corrected chi connectivity index (χ2v) is 9.86. The van der Waals surface area contributed by atoms with E-state index in [9.17, 15) is 26.0 Å². The first-order chi connectivity index (χ1) is 17.5. The van der Waals surface area contributed by atoms with Crippen molar-refractivity contribution >= 4 is 20.9 Å². The molecule has 37 heavy (non-hydrogen) atoms. The van der Waals surface area contributed by atoms with Gasteiger partial charge in [0.25, 0.3) is 0 Å². The van der Waals surface area contributed by atoms with E-state index in [1.807, 2.05) is 12.1 Å². The lowest BCUT2D eigenvalue weighted by Gasteiger charge is -2.13. The van der Waals surface area contributed by atoms with Gasteiger partial charge in [-0.25, -0.2) is 8.78 Å². The molecule has 1 atom stereocenters. The van der Waals surface area contributed by atoms with Gasteiger partial charge in [0, 0.05) is 0 Å². The smallest absolute Gasteiger partial charge is 0.300 e. The predicted octanol–water partition coefficient (Wildman–Crippen LogP) is 7.53. The van der Waals surface area contributed by atoms with Gasteiger partial charge in [-0.2, -0.15) is 17.2 Å². The van der Waals surface area contributed by atoms with Crippen molar-refractivity contribution in [3.05, 3.63) is 95.1 Å². The zero-order valence-electron chi connectivity index (χ0n) is 19.8. The normalized spacial score (nSPS) is 12.5. The monoisotopic (exact) mass is 534 g/mol. The van der Waals surface area contributed by atoms with Crippen LogP contribution < -0.4 is 9.47 Å². The Bertz CT molecular complexity index is 1540. The van der Waals surface area contributed by atoms with Gasteiger partial charge in [0.2, 0.25) is 17.4 Å². The van der Waals surface area contributed by atoms with Crippen molar-refractivity contribution in [1.29, 1.82) is 0 Å². The van der Waals surface area contributed by atoms with E-state index in [-0.39, 0.29) is 5.75 Å². The number of rotatable bonds is 8. The highest BCUT2D eigenvalue weighted by molar-refractivity contribution is 7.85. The number of hydrogen-bond acceptors (Lipinski definition) is 4. The Balaban J connectivity index is 1.57. The molecular weight excluding hydrogens is 512 g/mol. The van der Waals surface area contributed by atoms with E-state index in [2.05, 4.69) is 26.0 Å². The van der Waals surface area contributed by atoms with Crippen molar-refractivity contribution in [2.45, 2.75) is 37.7 Å². The van der Waals surface area contributed by atoms with Gasteiger partial charge < -0.3 is 9.47 Å². The average Bonchev–Trinajstić information content (AvgIpc) is 2.87. The molecule has 0 aromatic heterocycles. The van der Waals surface area contributed by atoms with Crippen molar-refractivity contribution in [2.24, 2.45) is 0 Å².